The second kappa shape index (κ2) is 11.9. The third-order valence-corrected chi connectivity index (χ3v) is 6.14. The monoisotopic (exact) mass is 486 g/mol. The van der Waals surface area contributed by atoms with Gasteiger partial charge in [-0.2, -0.15) is 0 Å². The summed E-state index contributed by atoms with van der Waals surface area (Å²) in [5, 5.41) is 13.0. The van der Waals surface area contributed by atoms with E-state index in [1.807, 2.05) is 54.8 Å². The Hall–Kier alpha value is -2.84. The number of aryl methyl sites for hydroxylation is 1. The molecular formula is C24H27ClN4O3S. The first-order chi connectivity index (χ1) is 15.9. The van der Waals surface area contributed by atoms with E-state index in [-0.39, 0.29) is 18.7 Å². The fraction of sp³-hybridized carbons (Fsp3) is 0.333. The summed E-state index contributed by atoms with van der Waals surface area (Å²) in [6.45, 7) is 5.86. The lowest BCUT2D eigenvalue weighted by Crippen LogP contribution is -2.29. The van der Waals surface area contributed by atoms with Crippen LogP contribution in [0.1, 0.15) is 49.7 Å². The number of ether oxygens (including phenoxy) is 1. The second-order valence-corrected chi connectivity index (χ2v) is 8.85. The number of hydrogen-bond donors (Lipinski definition) is 1. The van der Waals surface area contributed by atoms with Gasteiger partial charge in [-0.3, -0.25) is 14.2 Å². The van der Waals surface area contributed by atoms with E-state index >= 15 is 0 Å². The molecule has 7 nitrogen and oxygen atoms in total. The zero-order valence-electron chi connectivity index (χ0n) is 18.9. The molecule has 0 aliphatic heterocycles. The first-order valence-electron chi connectivity index (χ1n) is 10.7. The van der Waals surface area contributed by atoms with Crippen molar-refractivity contribution in [1.29, 1.82) is 0 Å². The molecule has 174 valence electrons. The first-order valence-corrected chi connectivity index (χ1v) is 12.1. The number of thioether (sulfide) groups is 1. The number of esters is 1. The van der Waals surface area contributed by atoms with Crippen LogP contribution in [0.15, 0.2) is 53.7 Å². The molecule has 1 heterocycles. The van der Waals surface area contributed by atoms with Crippen molar-refractivity contribution >= 4 is 35.2 Å². The molecule has 33 heavy (non-hydrogen) atoms. The molecule has 3 aromatic rings. The average molecular weight is 487 g/mol. The molecule has 1 amide bonds. The molecule has 0 aliphatic rings. The largest absolute Gasteiger partial charge is 0.466 e. The molecule has 0 saturated carbocycles. The topological polar surface area (TPSA) is 86.1 Å². The van der Waals surface area contributed by atoms with Crippen LogP contribution in [0.25, 0.3) is 5.69 Å². The van der Waals surface area contributed by atoms with Crippen molar-refractivity contribution in [3.8, 4) is 5.69 Å². The number of halogens is 1. The van der Waals surface area contributed by atoms with Gasteiger partial charge in [0.15, 0.2) is 11.0 Å². The molecule has 0 bridgehead atoms. The summed E-state index contributed by atoms with van der Waals surface area (Å²) in [5.74, 6) is 0.656. The standard InChI is InChI=1S/C24H27ClN4O3S/c1-4-32-22(31)13-12-21(30)26-17(3)23-27-28-24(33-15-18-8-6-5-7-9-18)29(23)20-14-19(25)11-10-16(20)2/h5-11,14,17H,4,12-13,15H2,1-3H3,(H,26,30). The van der Waals surface area contributed by atoms with E-state index in [1.165, 1.54) is 5.56 Å². The molecule has 0 spiro atoms. The Kier molecular flexibility index (Phi) is 8.91. The minimum atomic E-state index is -0.434. The minimum absolute atomic E-state index is 0.0324. The van der Waals surface area contributed by atoms with Gasteiger partial charge in [0.05, 0.1) is 24.8 Å². The Morgan fingerprint density at radius 3 is 2.64 bits per heavy atom. The van der Waals surface area contributed by atoms with Gasteiger partial charge >= 0.3 is 5.97 Å². The lowest BCUT2D eigenvalue weighted by atomic mass is 10.2. The molecular weight excluding hydrogens is 460 g/mol. The van der Waals surface area contributed by atoms with E-state index in [2.05, 4.69) is 27.6 Å². The van der Waals surface area contributed by atoms with Gasteiger partial charge in [-0.05, 0) is 44.0 Å². The predicted octanol–water partition coefficient (Wildman–Crippen LogP) is 5.04. The lowest BCUT2D eigenvalue weighted by Gasteiger charge is -2.18. The van der Waals surface area contributed by atoms with Gasteiger partial charge in [0.25, 0.3) is 0 Å². The van der Waals surface area contributed by atoms with Gasteiger partial charge in [-0.25, -0.2) is 0 Å². The molecule has 0 fully saturated rings. The predicted molar refractivity (Wildman–Crippen MR) is 130 cm³/mol. The number of amides is 1. The van der Waals surface area contributed by atoms with Crippen LogP contribution in [0.3, 0.4) is 0 Å². The zero-order chi connectivity index (χ0) is 23.8. The van der Waals surface area contributed by atoms with Crippen molar-refractivity contribution in [3.05, 3.63) is 70.5 Å². The molecule has 2 aromatic carbocycles. The van der Waals surface area contributed by atoms with E-state index < -0.39 is 12.0 Å². The van der Waals surface area contributed by atoms with Gasteiger partial charge in [-0.1, -0.05) is 59.8 Å². The zero-order valence-corrected chi connectivity index (χ0v) is 20.4. The number of hydrogen-bond acceptors (Lipinski definition) is 6. The fourth-order valence-electron chi connectivity index (χ4n) is 3.25. The number of aromatic nitrogens is 3. The summed E-state index contributed by atoms with van der Waals surface area (Å²) in [6.07, 6.45) is 0.0772. The molecule has 1 atom stereocenters. The molecule has 3 rings (SSSR count). The van der Waals surface area contributed by atoms with Crippen molar-refractivity contribution in [2.45, 2.75) is 50.6 Å². The van der Waals surface area contributed by atoms with Crippen LogP contribution in [0, 0.1) is 6.92 Å². The summed E-state index contributed by atoms with van der Waals surface area (Å²) in [6, 6.07) is 15.3. The summed E-state index contributed by atoms with van der Waals surface area (Å²) in [7, 11) is 0. The number of rotatable bonds is 10. The second-order valence-electron chi connectivity index (χ2n) is 7.48. The van der Waals surface area contributed by atoms with E-state index in [9.17, 15) is 9.59 Å². The highest BCUT2D eigenvalue weighted by Crippen LogP contribution is 2.30. The quantitative estimate of drug-likeness (QED) is 0.319. The van der Waals surface area contributed by atoms with Gasteiger partial charge in [0.1, 0.15) is 0 Å². The smallest absolute Gasteiger partial charge is 0.306 e. The molecule has 1 unspecified atom stereocenters. The Morgan fingerprint density at radius 1 is 1.15 bits per heavy atom. The Balaban J connectivity index is 1.84. The minimum Gasteiger partial charge on any atom is -0.466 e. The molecule has 0 saturated heterocycles. The number of nitrogens with zero attached hydrogens (tertiary/aromatic N) is 3. The molecule has 0 aliphatic carbocycles. The van der Waals surface area contributed by atoms with Crippen molar-refractivity contribution in [3.63, 3.8) is 0 Å². The maximum Gasteiger partial charge on any atom is 0.306 e. The number of benzene rings is 2. The third-order valence-electron chi connectivity index (χ3n) is 4.91. The number of carbonyl (C=O) groups excluding carboxylic acids is 2. The Bertz CT molecular complexity index is 1100. The average Bonchev–Trinajstić information content (AvgIpc) is 3.22. The van der Waals surface area contributed by atoms with E-state index in [0.29, 0.717) is 22.6 Å². The van der Waals surface area contributed by atoms with Crippen LogP contribution >= 0.6 is 23.4 Å². The van der Waals surface area contributed by atoms with Gasteiger partial charge in [-0.15, -0.1) is 10.2 Å². The highest BCUT2D eigenvalue weighted by molar-refractivity contribution is 7.98. The molecule has 0 radical (unpaired) electrons. The van der Waals surface area contributed by atoms with Crippen LogP contribution in [0.2, 0.25) is 5.02 Å². The molecule has 1 aromatic heterocycles. The van der Waals surface area contributed by atoms with E-state index in [1.54, 1.807) is 18.7 Å². The SMILES string of the molecule is CCOC(=O)CCC(=O)NC(C)c1nnc(SCc2ccccc2)n1-c1cc(Cl)ccc1C. The van der Waals surface area contributed by atoms with Crippen molar-refractivity contribution in [2.24, 2.45) is 0 Å². The highest BCUT2D eigenvalue weighted by atomic mass is 35.5. The molecule has 1 N–H and O–H groups in total. The maximum absolute atomic E-state index is 12.4. The van der Waals surface area contributed by atoms with Crippen molar-refractivity contribution in [2.75, 3.05) is 6.61 Å². The fourth-order valence-corrected chi connectivity index (χ4v) is 4.33. The summed E-state index contributed by atoms with van der Waals surface area (Å²) < 4.78 is 6.82. The third kappa shape index (κ3) is 6.82. The van der Waals surface area contributed by atoms with E-state index in [4.69, 9.17) is 16.3 Å². The molecule has 9 heteroatoms. The van der Waals surface area contributed by atoms with Gasteiger partial charge < -0.3 is 10.1 Å². The van der Waals surface area contributed by atoms with Crippen molar-refractivity contribution in [1.82, 2.24) is 20.1 Å². The summed E-state index contributed by atoms with van der Waals surface area (Å²) in [5.41, 5.74) is 3.02. The van der Waals surface area contributed by atoms with Crippen LogP contribution in [-0.2, 0) is 20.1 Å². The van der Waals surface area contributed by atoms with Crippen LogP contribution in [0.4, 0.5) is 0 Å². The van der Waals surface area contributed by atoms with E-state index in [0.717, 1.165) is 17.0 Å². The van der Waals surface area contributed by atoms with Crippen LogP contribution in [-0.4, -0.2) is 33.2 Å². The number of carbonyl (C=O) groups is 2. The number of nitrogens with one attached hydrogen (secondary N) is 1. The van der Waals surface area contributed by atoms with Gasteiger partial charge in [0, 0.05) is 17.2 Å². The Morgan fingerprint density at radius 2 is 1.91 bits per heavy atom. The van der Waals surface area contributed by atoms with Crippen molar-refractivity contribution < 1.29 is 14.3 Å². The summed E-state index contributed by atoms with van der Waals surface area (Å²) in [4.78, 5) is 24.0. The first kappa shape index (κ1) is 24.8. The van der Waals surface area contributed by atoms with Gasteiger partial charge in [0.2, 0.25) is 5.91 Å². The maximum atomic E-state index is 12.4. The summed E-state index contributed by atoms with van der Waals surface area (Å²) >= 11 is 7.86. The van der Waals surface area contributed by atoms with Crippen LogP contribution < -0.4 is 5.32 Å². The highest BCUT2D eigenvalue weighted by Gasteiger charge is 2.22. The van der Waals surface area contributed by atoms with Crippen LogP contribution in [0.5, 0.6) is 0 Å². The lowest BCUT2D eigenvalue weighted by molar-refractivity contribution is -0.144. The Labute approximate surface area is 202 Å². The normalized spacial score (nSPS) is 11.8.